The first kappa shape index (κ1) is 22.3. The van der Waals surface area contributed by atoms with Gasteiger partial charge >= 0.3 is 8.56 Å². The lowest BCUT2D eigenvalue weighted by molar-refractivity contribution is 0.190. The van der Waals surface area contributed by atoms with Crippen molar-refractivity contribution in [1.29, 1.82) is 0 Å². The van der Waals surface area contributed by atoms with Crippen LogP contribution in [0.3, 0.4) is 0 Å². The maximum Gasteiger partial charge on any atom is 0.334 e. The van der Waals surface area contributed by atoms with Crippen molar-refractivity contribution in [1.82, 2.24) is 4.57 Å². The lowest BCUT2D eigenvalue weighted by Gasteiger charge is -2.39. The van der Waals surface area contributed by atoms with E-state index in [0.717, 1.165) is 19.3 Å². The van der Waals surface area contributed by atoms with Crippen LogP contribution in [0, 0.1) is 0 Å². The van der Waals surface area contributed by atoms with Gasteiger partial charge in [0.05, 0.1) is 0 Å². The summed E-state index contributed by atoms with van der Waals surface area (Å²) >= 11 is 0. The summed E-state index contributed by atoms with van der Waals surface area (Å²) in [6.07, 6.45) is 5.23. The fourth-order valence-corrected chi connectivity index (χ4v) is 10.6. The Morgan fingerprint density at radius 1 is 0.727 bits per heavy atom. The molecule has 0 aromatic rings. The summed E-state index contributed by atoms with van der Waals surface area (Å²) in [7, 11) is -3.33. The molecule has 0 radical (unpaired) electrons. The lowest BCUT2D eigenvalue weighted by Crippen LogP contribution is -2.51. The van der Waals surface area contributed by atoms with E-state index < -0.39 is 16.8 Å². The van der Waals surface area contributed by atoms with E-state index in [1.807, 2.05) is 0 Å². The smallest absolute Gasteiger partial charge is 0.334 e. The second-order valence-corrected chi connectivity index (χ2v) is 15.1. The maximum absolute atomic E-state index is 6.03. The molecule has 0 rings (SSSR count). The average Bonchev–Trinajstić information content (AvgIpc) is 2.46. The molecule has 0 spiro atoms. The molecule has 0 N–H and O–H groups in total. The lowest BCUT2D eigenvalue weighted by atomic mass is 10.3. The second-order valence-electron chi connectivity index (χ2n) is 7.01. The molecule has 5 heteroatoms. The molecule has 0 bridgehead atoms. The number of unbranched alkanes of at least 4 members (excludes halogenated alkanes) is 2. The van der Waals surface area contributed by atoms with Gasteiger partial charge in [-0.3, -0.25) is 0 Å². The van der Waals surface area contributed by atoms with E-state index in [1.165, 1.54) is 44.8 Å². The molecule has 0 fully saturated rings. The molecule has 22 heavy (non-hydrogen) atoms. The van der Waals surface area contributed by atoms with Crippen molar-refractivity contribution in [2.24, 2.45) is 0 Å². The van der Waals surface area contributed by atoms with Crippen LogP contribution in [0.15, 0.2) is 0 Å². The van der Waals surface area contributed by atoms with Crippen molar-refractivity contribution in [3.8, 4) is 0 Å². The molecule has 0 aromatic heterocycles. The molecule has 0 aliphatic rings. The van der Waals surface area contributed by atoms with Crippen LogP contribution in [0.25, 0.3) is 0 Å². The van der Waals surface area contributed by atoms with Gasteiger partial charge in [-0.15, -0.1) is 0 Å². The van der Waals surface area contributed by atoms with Crippen molar-refractivity contribution < 1.29 is 8.85 Å². The number of rotatable bonds is 14. The molecule has 0 amide bonds. The van der Waals surface area contributed by atoms with Gasteiger partial charge in [0.25, 0.3) is 0 Å². The topological polar surface area (TPSA) is 21.7 Å². The van der Waals surface area contributed by atoms with Crippen LogP contribution in [-0.2, 0) is 8.85 Å². The van der Waals surface area contributed by atoms with E-state index in [9.17, 15) is 0 Å². The average molecular weight is 348 g/mol. The predicted octanol–water partition coefficient (Wildman–Crippen LogP) is 5.24. The fourth-order valence-electron chi connectivity index (χ4n) is 2.90. The maximum atomic E-state index is 6.03. The Morgan fingerprint density at radius 2 is 1.18 bits per heavy atom. The van der Waals surface area contributed by atoms with Crippen LogP contribution in [0.1, 0.15) is 53.4 Å². The largest absolute Gasteiger partial charge is 0.395 e. The van der Waals surface area contributed by atoms with Crippen LogP contribution in [0.2, 0.25) is 31.7 Å². The van der Waals surface area contributed by atoms with Gasteiger partial charge in [-0.05, 0) is 58.4 Å². The van der Waals surface area contributed by atoms with Crippen LogP contribution in [-0.4, -0.2) is 47.7 Å². The van der Waals surface area contributed by atoms with Gasteiger partial charge in [-0.2, -0.15) is 0 Å². The Kier molecular flexibility index (Phi) is 12.0. The molecule has 0 saturated heterocycles. The molecule has 0 aromatic carbocycles. The van der Waals surface area contributed by atoms with E-state index in [4.69, 9.17) is 8.85 Å². The standard InChI is InChI=1S/C17H41NO2Si2/c1-8-12-14-18(15-13-9-2)21(5,6)16-17-22(7,19-10-3)20-11-4/h8-17H2,1-7H3. The highest BCUT2D eigenvalue weighted by molar-refractivity contribution is 6.77. The van der Waals surface area contributed by atoms with Gasteiger partial charge < -0.3 is 13.4 Å². The van der Waals surface area contributed by atoms with Crippen molar-refractivity contribution in [2.75, 3.05) is 26.3 Å². The van der Waals surface area contributed by atoms with E-state index in [2.05, 4.69) is 51.9 Å². The van der Waals surface area contributed by atoms with E-state index in [0.29, 0.717) is 0 Å². The molecule has 0 atom stereocenters. The highest BCUT2D eigenvalue weighted by Crippen LogP contribution is 2.25. The van der Waals surface area contributed by atoms with Gasteiger partial charge in [0, 0.05) is 13.2 Å². The third-order valence-corrected chi connectivity index (χ3v) is 11.6. The summed E-state index contributed by atoms with van der Waals surface area (Å²) < 4.78 is 14.9. The molecule has 0 heterocycles. The van der Waals surface area contributed by atoms with E-state index >= 15 is 0 Å². The minimum atomic E-state index is -1.96. The zero-order valence-corrected chi connectivity index (χ0v) is 18.3. The van der Waals surface area contributed by atoms with Gasteiger partial charge in [0.1, 0.15) is 8.24 Å². The van der Waals surface area contributed by atoms with Crippen molar-refractivity contribution in [3.63, 3.8) is 0 Å². The van der Waals surface area contributed by atoms with Crippen LogP contribution in [0.5, 0.6) is 0 Å². The number of hydrogen-bond acceptors (Lipinski definition) is 3. The summed E-state index contributed by atoms with van der Waals surface area (Å²) in [6.45, 7) is 20.2. The van der Waals surface area contributed by atoms with Gasteiger partial charge in [-0.25, -0.2) is 0 Å². The highest BCUT2D eigenvalue weighted by Gasteiger charge is 2.36. The van der Waals surface area contributed by atoms with E-state index in [1.54, 1.807) is 0 Å². The van der Waals surface area contributed by atoms with Crippen molar-refractivity contribution >= 4 is 16.8 Å². The minimum absolute atomic E-state index is 0.778. The van der Waals surface area contributed by atoms with Crippen molar-refractivity contribution in [3.05, 3.63) is 0 Å². The molecular formula is C17H41NO2Si2. The van der Waals surface area contributed by atoms with Crippen LogP contribution in [0.4, 0.5) is 0 Å². The Hall–Kier alpha value is 0.314. The van der Waals surface area contributed by atoms with Gasteiger partial charge in [0.15, 0.2) is 0 Å². The summed E-state index contributed by atoms with van der Waals surface area (Å²) in [5.74, 6) is 0. The first-order valence-corrected chi connectivity index (χ1v) is 15.1. The van der Waals surface area contributed by atoms with Crippen LogP contribution < -0.4 is 0 Å². The summed E-state index contributed by atoms with van der Waals surface area (Å²) in [5.41, 5.74) is 0. The minimum Gasteiger partial charge on any atom is -0.395 e. The third kappa shape index (κ3) is 8.82. The summed E-state index contributed by atoms with van der Waals surface area (Å²) in [6, 6.07) is 2.44. The Bertz CT molecular complexity index is 261. The second kappa shape index (κ2) is 11.8. The molecular weight excluding hydrogens is 306 g/mol. The van der Waals surface area contributed by atoms with E-state index in [-0.39, 0.29) is 0 Å². The molecule has 0 saturated carbocycles. The SMILES string of the molecule is CCCCN(CCCC)[Si](C)(C)CC[Si](C)(OCC)OCC. The Balaban J connectivity index is 4.69. The van der Waals surface area contributed by atoms with Crippen LogP contribution >= 0.6 is 0 Å². The molecule has 0 aliphatic carbocycles. The zero-order valence-electron chi connectivity index (χ0n) is 16.3. The monoisotopic (exact) mass is 347 g/mol. The predicted molar refractivity (Wildman–Crippen MR) is 103 cm³/mol. The molecule has 134 valence electrons. The first-order valence-electron chi connectivity index (χ1n) is 9.38. The van der Waals surface area contributed by atoms with Gasteiger partial charge in [-0.1, -0.05) is 39.8 Å². The first-order chi connectivity index (χ1) is 10.3. The quantitative estimate of drug-likeness (QED) is 0.401. The highest BCUT2D eigenvalue weighted by atomic mass is 28.4. The number of hydrogen-bond donors (Lipinski definition) is 0. The Labute approximate surface area is 142 Å². The number of nitrogens with zero attached hydrogens (tertiary/aromatic N) is 1. The zero-order chi connectivity index (χ0) is 17.1. The normalized spacial score (nSPS) is 13.1. The van der Waals surface area contributed by atoms with Gasteiger partial charge in [0.2, 0.25) is 0 Å². The molecule has 0 unspecified atom stereocenters. The van der Waals surface area contributed by atoms with Crippen molar-refractivity contribution in [2.45, 2.75) is 85.1 Å². The summed E-state index contributed by atoms with van der Waals surface area (Å²) in [4.78, 5) is 0. The fraction of sp³-hybridized carbons (Fsp3) is 1.00. The molecule has 0 aliphatic heterocycles. The summed E-state index contributed by atoms with van der Waals surface area (Å²) in [5, 5.41) is 0. The molecule has 3 nitrogen and oxygen atoms in total. The Morgan fingerprint density at radius 3 is 1.55 bits per heavy atom. The third-order valence-electron chi connectivity index (χ3n) is 4.51.